The van der Waals surface area contributed by atoms with Crippen molar-refractivity contribution in [1.29, 1.82) is 0 Å². The van der Waals surface area contributed by atoms with Crippen LogP contribution in [0.1, 0.15) is 20.0 Å². The summed E-state index contributed by atoms with van der Waals surface area (Å²) in [5.74, 6) is 1.82. The van der Waals surface area contributed by atoms with E-state index in [2.05, 4.69) is 0 Å². The van der Waals surface area contributed by atoms with E-state index in [9.17, 15) is 18.0 Å². The average molecular weight is 496 g/mol. The predicted octanol–water partition coefficient (Wildman–Crippen LogP) is 2.09. The van der Waals surface area contributed by atoms with Crippen molar-refractivity contribution in [3.8, 4) is 5.75 Å². The van der Waals surface area contributed by atoms with Gasteiger partial charge in [-0.05, 0) is 35.7 Å². The summed E-state index contributed by atoms with van der Waals surface area (Å²) in [4.78, 5) is 29.6. The number of thioether (sulfide) groups is 1. The number of sulfonamides is 1. The minimum Gasteiger partial charge on any atom is -0.497 e. The summed E-state index contributed by atoms with van der Waals surface area (Å²) in [7, 11) is -2.12. The largest absolute Gasteiger partial charge is 0.497 e. The first-order valence-corrected chi connectivity index (χ1v) is 13.8. The Hall–Kier alpha value is -2.08. The summed E-state index contributed by atoms with van der Waals surface area (Å²) >= 11 is 2.89. The van der Waals surface area contributed by atoms with Crippen molar-refractivity contribution < 1.29 is 22.7 Å². The number of carbonyl (C=O) groups is 2. The zero-order valence-corrected chi connectivity index (χ0v) is 20.2. The van der Waals surface area contributed by atoms with Gasteiger partial charge in [-0.25, -0.2) is 8.42 Å². The number of thiophene rings is 1. The minimum absolute atomic E-state index is 0.0936. The number of methoxy groups -OCH3 is 1. The Morgan fingerprint density at radius 3 is 2.06 bits per heavy atom. The molecule has 2 amide bonds. The maximum atomic E-state index is 13.2. The zero-order valence-electron chi connectivity index (χ0n) is 17.7. The SMILES string of the molecule is COc1ccc(C(=O)N2CCN(C(=O)c3sccc3S(=O)(=O)N3CCSCC3)CC2)cc1. The first-order valence-electron chi connectivity index (χ1n) is 10.3. The second-order valence-corrected chi connectivity index (χ2v) is 11.5. The van der Waals surface area contributed by atoms with Crippen molar-refractivity contribution >= 4 is 44.9 Å². The average Bonchev–Trinajstić information content (AvgIpc) is 3.35. The quantitative estimate of drug-likeness (QED) is 0.631. The molecular formula is C21H25N3O5S3. The van der Waals surface area contributed by atoms with Crippen molar-refractivity contribution in [2.75, 3.05) is 57.9 Å². The van der Waals surface area contributed by atoms with E-state index in [0.29, 0.717) is 50.6 Å². The van der Waals surface area contributed by atoms with E-state index in [1.165, 1.54) is 10.4 Å². The van der Waals surface area contributed by atoms with Gasteiger partial charge in [0.15, 0.2) is 0 Å². The van der Waals surface area contributed by atoms with Gasteiger partial charge < -0.3 is 14.5 Å². The highest BCUT2D eigenvalue weighted by Gasteiger charge is 2.34. The molecule has 32 heavy (non-hydrogen) atoms. The zero-order chi connectivity index (χ0) is 22.7. The lowest BCUT2D eigenvalue weighted by Gasteiger charge is -2.35. The number of hydrogen-bond acceptors (Lipinski definition) is 7. The number of nitrogens with zero attached hydrogens (tertiary/aromatic N) is 3. The topological polar surface area (TPSA) is 87.2 Å². The van der Waals surface area contributed by atoms with Gasteiger partial charge in [-0.3, -0.25) is 9.59 Å². The van der Waals surface area contributed by atoms with E-state index in [-0.39, 0.29) is 21.6 Å². The van der Waals surface area contributed by atoms with E-state index in [1.54, 1.807) is 58.3 Å². The Balaban J connectivity index is 1.42. The highest BCUT2D eigenvalue weighted by Crippen LogP contribution is 2.28. The summed E-state index contributed by atoms with van der Waals surface area (Å²) < 4.78 is 32.8. The molecule has 0 saturated carbocycles. The van der Waals surface area contributed by atoms with Gasteiger partial charge in [-0.2, -0.15) is 16.1 Å². The fraction of sp³-hybridized carbons (Fsp3) is 0.429. The third-order valence-corrected chi connectivity index (χ3v) is 9.52. The molecule has 11 heteroatoms. The van der Waals surface area contributed by atoms with E-state index in [4.69, 9.17) is 4.74 Å². The molecule has 0 atom stereocenters. The van der Waals surface area contributed by atoms with Gasteiger partial charge in [0, 0.05) is 56.3 Å². The summed E-state index contributed by atoms with van der Waals surface area (Å²) in [6.45, 7) is 2.43. The first-order chi connectivity index (χ1) is 15.4. The van der Waals surface area contributed by atoms with Crippen LogP contribution in [0, 0.1) is 0 Å². The van der Waals surface area contributed by atoms with Gasteiger partial charge in [0.2, 0.25) is 10.0 Å². The highest BCUT2D eigenvalue weighted by atomic mass is 32.2. The Kier molecular flexibility index (Phi) is 7.08. The van der Waals surface area contributed by atoms with Crippen LogP contribution in [0.15, 0.2) is 40.6 Å². The van der Waals surface area contributed by atoms with E-state index < -0.39 is 10.0 Å². The van der Waals surface area contributed by atoms with E-state index in [1.807, 2.05) is 0 Å². The number of piperazine rings is 1. The van der Waals surface area contributed by atoms with Crippen molar-refractivity contribution in [3.63, 3.8) is 0 Å². The second-order valence-electron chi connectivity index (χ2n) is 7.44. The van der Waals surface area contributed by atoms with Crippen LogP contribution in [0.4, 0.5) is 0 Å². The van der Waals surface area contributed by atoms with Gasteiger partial charge in [0.05, 0.1) is 7.11 Å². The maximum Gasteiger partial charge on any atom is 0.265 e. The Bertz CT molecular complexity index is 1070. The predicted molar refractivity (Wildman–Crippen MR) is 125 cm³/mol. The van der Waals surface area contributed by atoms with Crippen LogP contribution in [-0.2, 0) is 10.0 Å². The minimum atomic E-state index is -3.69. The van der Waals surface area contributed by atoms with Crippen LogP contribution in [0.2, 0.25) is 0 Å². The number of benzene rings is 1. The molecule has 172 valence electrons. The van der Waals surface area contributed by atoms with Crippen LogP contribution in [0.25, 0.3) is 0 Å². The maximum absolute atomic E-state index is 13.2. The third-order valence-electron chi connectivity index (χ3n) is 5.60. The molecule has 0 unspecified atom stereocenters. The van der Waals surface area contributed by atoms with E-state index >= 15 is 0 Å². The molecule has 0 bridgehead atoms. The van der Waals surface area contributed by atoms with Crippen LogP contribution >= 0.6 is 23.1 Å². The number of hydrogen-bond donors (Lipinski definition) is 0. The normalized spacial score (nSPS) is 17.9. The third kappa shape index (κ3) is 4.66. The Labute approximate surface area is 196 Å². The van der Waals surface area contributed by atoms with Gasteiger partial charge in [-0.1, -0.05) is 0 Å². The van der Waals surface area contributed by atoms with Crippen molar-refractivity contribution in [3.05, 3.63) is 46.2 Å². The monoisotopic (exact) mass is 495 g/mol. The summed E-state index contributed by atoms with van der Waals surface area (Å²) in [5.41, 5.74) is 0.567. The number of amides is 2. The van der Waals surface area contributed by atoms with Crippen molar-refractivity contribution in [1.82, 2.24) is 14.1 Å². The van der Waals surface area contributed by atoms with Gasteiger partial charge in [-0.15, -0.1) is 11.3 Å². The molecule has 0 spiro atoms. The Morgan fingerprint density at radius 2 is 1.47 bits per heavy atom. The van der Waals surface area contributed by atoms with Crippen molar-refractivity contribution in [2.45, 2.75) is 4.90 Å². The lowest BCUT2D eigenvalue weighted by Crippen LogP contribution is -2.50. The molecule has 1 aromatic carbocycles. The number of ether oxygens (including phenoxy) is 1. The molecule has 0 radical (unpaired) electrons. The summed E-state index contributed by atoms with van der Waals surface area (Å²) in [6, 6.07) is 8.46. The first kappa shape index (κ1) is 23.1. The summed E-state index contributed by atoms with van der Waals surface area (Å²) in [6.07, 6.45) is 0. The van der Waals surface area contributed by atoms with Crippen molar-refractivity contribution in [2.24, 2.45) is 0 Å². The molecule has 0 N–H and O–H groups in total. The van der Waals surface area contributed by atoms with E-state index in [0.717, 1.165) is 22.8 Å². The summed E-state index contributed by atoms with van der Waals surface area (Å²) in [5, 5.41) is 1.66. The molecule has 2 aliphatic heterocycles. The molecule has 2 saturated heterocycles. The van der Waals surface area contributed by atoms with Gasteiger partial charge in [0.1, 0.15) is 15.5 Å². The molecule has 8 nitrogen and oxygen atoms in total. The molecule has 4 rings (SSSR count). The molecule has 2 aromatic rings. The number of rotatable bonds is 5. The lowest BCUT2D eigenvalue weighted by molar-refractivity contribution is 0.0536. The molecular weight excluding hydrogens is 470 g/mol. The smallest absolute Gasteiger partial charge is 0.265 e. The van der Waals surface area contributed by atoms with Gasteiger partial charge >= 0.3 is 0 Å². The molecule has 0 aliphatic carbocycles. The number of carbonyl (C=O) groups excluding carboxylic acids is 2. The molecule has 1 aromatic heterocycles. The molecule has 3 heterocycles. The Morgan fingerprint density at radius 1 is 0.875 bits per heavy atom. The highest BCUT2D eigenvalue weighted by molar-refractivity contribution is 7.99. The molecule has 2 aliphatic rings. The van der Waals surface area contributed by atoms with Gasteiger partial charge in [0.25, 0.3) is 11.8 Å². The second kappa shape index (κ2) is 9.82. The van der Waals surface area contributed by atoms with Crippen LogP contribution < -0.4 is 4.74 Å². The standard InChI is InChI=1S/C21H25N3O5S3/c1-29-17-4-2-16(3-5-17)20(25)22-7-9-23(10-8-22)21(26)19-18(6-13-31-19)32(27,28)24-11-14-30-15-12-24/h2-6,13H,7-12,14-15H2,1H3. The lowest BCUT2D eigenvalue weighted by atomic mass is 10.1. The fourth-order valence-corrected chi connectivity index (χ4v) is 7.69. The molecule has 2 fully saturated rings. The van der Waals surface area contributed by atoms with Crippen LogP contribution in [-0.4, -0.2) is 92.2 Å². The fourth-order valence-electron chi connectivity index (χ4n) is 3.76. The van der Waals surface area contributed by atoms with Crippen LogP contribution in [0.3, 0.4) is 0 Å². The van der Waals surface area contributed by atoms with Crippen LogP contribution in [0.5, 0.6) is 5.75 Å².